The highest BCUT2D eigenvalue weighted by Gasteiger charge is 2.70. The number of Topliss-reactive ketones (excluding diaryl/α,β-unsaturated/α-hetero) is 1. The molecule has 8 atom stereocenters. The van der Waals surface area contributed by atoms with Gasteiger partial charge in [-0.15, -0.1) is 0 Å². The fraction of sp³-hybridized carbons (Fsp3) is 0.857. The van der Waals surface area contributed by atoms with Gasteiger partial charge in [0.05, 0.1) is 17.8 Å². The predicted octanol–water partition coefficient (Wildman–Crippen LogP) is 2.60. The Morgan fingerprint density at radius 1 is 1.16 bits per heavy atom. The molecule has 0 aromatic heterocycles. The molecule has 0 aliphatic heterocycles. The van der Waals surface area contributed by atoms with Gasteiger partial charge in [0.15, 0.2) is 0 Å². The van der Waals surface area contributed by atoms with Crippen LogP contribution >= 0.6 is 0 Å². The van der Waals surface area contributed by atoms with E-state index in [0.29, 0.717) is 19.3 Å². The van der Waals surface area contributed by atoms with Crippen molar-refractivity contribution in [1.82, 2.24) is 0 Å². The molecule has 4 nitrogen and oxygen atoms in total. The van der Waals surface area contributed by atoms with E-state index in [9.17, 15) is 20.1 Å². The summed E-state index contributed by atoms with van der Waals surface area (Å²) in [6.45, 7) is 5.81. The molecule has 4 heteroatoms. The number of hydrogen-bond acceptors (Lipinski definition) is 4. The van der Waals surface area contributed by atoms with Gasteiger partial charge >= 0.3 is 0 Å². The molecular formula is C21H32O4. The van der Waals surface area contributed by atoms with Gasteiger partial charge in [-0.3, -0.25) is 4.79 Å². The van der Waals surface area contributed by atoms with Crippen molar-refractivity contribution >= 4 is 5.78 Å². The first-order valence-corrected chi connectivity index (χ1v) is 9.93. The number of carbonyl (C=O) groups excluding carboxylic acids is 1. The zero-order chi connectivity index (χ0) is 18.2. The molecule has 3 saturated carbocycles. The topological polar surface area (TPSA) is 77.8 Å². The SMILES string of the molecule is CC(=O)[C@@H]1CC[C@]2(O)[C@@H]3CC=C4C[C@@H](O)CC[C@]4(C)[C@H]3C[C@@H](O)[C@]12C. The van der Waals surface area contributed by atoms with Crippen LogP contribution in [0.3, 0.4) is 0 Å². The summed E-state index contributed by atoms with van der Waals surface area (Å²) in [6.07, 6.45) is 6.49. The first kappa shape index (κ1) is 17.7. The number of allylic oxidation sites excluding steroid dienone is 1. The maximum atomic E-state index is 12.2. The molecule has 3 N–H and O–H groups in total. The monoisotopic (exact) mass is 348 g/mol. The number of aliphatic hydroxyl groups is 3. The predicted molar refractivity (Wildman–Crippen MR) is 94.7 cm³/mol. The molecule has 4 aliphatic rings. The van der Waals surface area contributed by atoms with Crippen molar-refractivity contribution in [3.05, 3.63) is 11.6 Å². The number of ketones is 1. The van der Waals surface area contributed by atoms with Crippen LogP contribution in [0, 0.1) is 28.6 Å². The largest absolute Gasteiger partial charge is 0.393 e. The van der Waals surface area contributed by atoms with Crippen LogP contribution in [0.2, 0.25) is 0 Å². The van der Waals surface area contributed by atoms with Crippen LogP contribution in [-0.4, -0.2) is 38.9 Å². The van der Waals surface area contributed by atoms with Crippen LogP contribution < -0.4 is 0 Å². The van der Waals surface area contributed by atoms with E-state index in [1.54, 1.807) is 6.92 Å². The van der Waals surface area contributed by atoms with E-state index >= 15 is 0 Å². The summed E-state index contributed by atoms with van der Waals surface area (Å²) >= 11 is 0. The second-order valence-corrected chi connectivity index (χ2v) is 9.65. The molecule has 0 spiro atoms. The fourth-order valence-electron chi connectivity index (χ4n) is 7.24. The second-order valence-electron chi connectivity index (χ2n) is 9.65. The van der Waals surface area contributed by atoms with E-state index in [-0.39, 0.29) is 35.1 Å². The van der Waals surface area contributed by atoms with Crippen molar-refractivity contribution in [2.24, 2.45) is 28.6 Å². The molecule has 0 bridgehead atoms. The van der Waals surface area contributed by atoms with Gasteiger partial charge in [0.2, 0.25) is 0 Å². The molecular weight excluding hydrogens is 316 g/mol. The van der Waals surface area contributed by atoms with Crippen LogP contribution in [0.25, 0.3) is 0 Å². The Morgan fingerprint density at radius 3 is 2.56 bits per heavy atom. The van der Waals surface area contributed by atoms with Crippen molar-refractivity contribution < 1.29 is 20.1 Å². The van der Waals surface area contributed by atoms with Gasteiger partial charge in [-0.25, -0.2) is 0 Å². The van der Waals surface area contributed by atoms with Gasteiger partial charge in [0.1, 0.15) is 5.78 Å². The van der Waals surface area contributed by atoms with Crippen LogP contribution in [0.1, 0.15) is 65.7 Å². The van der Waals surface area contributed by atoms with Crippen LogP contribution in [0.4, 0.5) is 0 Å². The first-order valence-electron chi connectivity index (χ1n) is 9.93. The normalized spacial score (nSPS) is 55.0. The van der Waals surface area contributed by atoms with E-state index in [4.69, 9.17) is 0 Å². The van der Waals surface area contributed by atoms with Gasteiger partial charge < -0.3 is 15.3 Å². The highest BCUT2D eigenvalue weighted by molar-refractivity contribution is 5.80. The third kappa shape index (κ3) is 2.08. The zero-order valence-electron chi connectivity index (χ0n) is 15.7. The van der Waals surface area contributed by atoms with E-state index < -0.39 is 17.1 Å². The average Bonchev–Trinajstić information content (AvgIpc) is 2.83. The Hall–Kier alpha value is -0.710. The van der Waals surface area contributed by atoms with Crippen molar-refractivity contribution in [3.8, 4) is 0 Å². The Kier molecular flexibility index (Phi) is 3.82. The van der Waals surface area contributed by atoms with Crippen LogP contribution in [0.15, 0.2) is 11.6 Å². The van der Waals surface area contributed by atoms with Crippen molar-refractivity contribution in [2.75, 3.05) is 0 Å². The molecule has 0 unspecified atom stereocenters. The van der Waals surface area contributed by atoms with Crippen molar-refractivity contribution in [1.29, 1.82) is 0 Å². The maximum Gasteiger partial charge on any atom is 0.133 e. The van der Waals surface area contributed by atoms with Crippen molar-refractivity contribution in [2.45, 2.75) is 83.5 Å². The van der Waals surface area contributed by atoms with E-state index in [1.807, 2.05) is 6.92 Å². The van der Waals surface area contributed by atoms with Crippen molar-refractivity contribution in [3.63, 3.8) is 0 Å². The summed E-state index contributed by atoms with van der Waals surface area (Å²) in [5, 5.41) is 33.0. The summed E-state index contributed by atoms with van der Waals surface area (Å²) in [7, 11) is 0. The lowest BCUT2D eigenvalue weighted by molar-refractivity contribution is -0.224. The quantitative estimate of drug-likeness (QED) is 0.637. The molecule has 140 valence electrons. The van der Waals surface area contributed by atoms with Gasteiger partial charge in [-0.2, -0.15) is 0 Å². The third-order valence-electron chi connectivity index (χ3n) is 8.85. The van der Waals surface area contributed by atoms with Crippen LogP contribution in [0.5, 0.6) is 0 Å². The zero-order valence-corrected chi connectivity index (χ0v) is 15.7. The van der Waals surface area contributed by atoms with E-state index in [0.717, 1.165) is 25.7 Å². The minimum Gasteiger partial charge on any atom is -0.393 e. The molecule has 0 radical (unpaired) electrons. The molecule has 4 aliphatic carbocycles. The summed E-state index contributed by atoms with van der Waals surface area (Å²) in [6, 6.07) is 0. The Labute approximate surface area is 150 Å². The smallest absolute Gasteiger partial charge is 0.133 e. The third-order valence-corrected chi connectivity index (χ3v) is 8.85. The maximum absolute atomic E-state index is 12.2. The number of hydrogen-bond donors (Lipinski definition) is 3. The van der Waals surface area contributed by atoms with E-state index in [2.05, 4.69) is 13.0 Å². The molecule has 3 fully saturated rings. The Bertz CT molecular complexity index is 627. The second kappa shape index (κ2) is 5.40. The summed E-state index contributed by atoms with van der Waals surface area (Å²) in [4.78, 5) is 12.2. The van der Waals surface area contributed by atoms with E-state index in [1.165, 1.54) is 5.57 Å². The lowest BCUT2D eigenvalue weighted by Crippen LogP contribution is -2.66. The molecule has 25 heavy (non-hydrogen) atoms. The molecule has 0 saturated heterocycles. The average molecular weight is 348 g/mol. The molecule has 0 heterocycles. The summed E-state index contributed by atoms with van der Waals surface area (Å²) < 4.78 is 0. The lowest BCUT2D eigenvalue weighted by atomic mass is 9.45. The van der Waals surface area contributed by atoms with Gasteiger partial charge in [-0.05, 0) is 69.1 Å². The Morgan fingerprint density at radius 2 is 1.88 bits per heavy atom. The highest BCUT2D eigenvalue weighted by Crippen LogP contribution is 2.67. The molecule has 0 amide bonds. The first-order chi connectivity index (χ1) is 11.6. The number of rotatable bonds is 1. The summed E-state index contributed by atoms with van der Waals surface area (Å²) in [5.74, 6) is 0.155. The van der Waals surface area contributed by atoms with Gasteiger partial charge in [0.25, 0.3) is 0 Å². The number of carbonyl (C=O) groups is 1. The fourth-order valence-corrected chi connectivity index (χ4v) is 7.24. The molecule has 4 rings (SSSR count). The number of aliphatic hydroxyl groups excluding tert-OH is 2. The molecule has 0 aromatic rings. The lowest BCUT2D eigenvalue weighted by Gasteiger charge is -2.62. The standard InChI is InChI=1S/C21H32O4/c1-12(22)15-7-9-21(25)16-5-4-13-10-14(23)6-8-19(13,2)17(16)11-18(24)20(15,21)3/h4,14-18,23-25H,5-11H2,1-3H3/t14-,15-,16+,17-,18+,19-,20-,21-/m0/s1. The van der Waals surface area contributed by atoms with Gasteiger partial charge in [-0.1, -0.05) is 25.5 Å². The summed E-state index contributed by atoms with van der Waals surface area (Å²) in [5.41, 5.74) is -0.454. The number of fused-ring (bicyclic) bond motifs is 5. The molecule has 0 aromatic carbocycles. The minimum absolute atomic E-state index is 0.0471. The Balaban J connectivity index is 1.77. The highest BCUT2D eigenvalue weighted by atomic mass is 16.3. The van der Waals surface area contributed by atoms with Crippen LogP contribution in [-0.2, 0) is 4.79 Å². The minimum atomic E-state index is -0.979. The van der Waals surface area contributed by atoms with Gasteiger partial charge in [0, 0.05) is 11.3 Å².